The first-order chi connectivity index (χ1) is 9.43. The minimum atomic E-state index is -3.92. The Labute approximate surface area is 119 Å². The van der Waals surface area contributed by atoms with Crippen LogP contribution < -0.4 is 0 Å². The van der Waals surface area contributed by atoms with Crippen LogP contribution in [-0.2, 0) is 0 Å². The zero-order valence-corrected chi connectivity index (χ0v) is 11.0. The van der Waals surface area contributed by atoms with Crippen LogP contribution in [0, 0.1) is 0 Å². The molecule has 2 aromatic carbocycles. The molecule has 104 valence electrons. The Hall–Kier alpha value is -1.78. The van der Waals surface area contributed by atoms with Crippen molar-refractivity contribution < 1.29 is 18.7 Å². The van der Waals surface area contributed by atoms with Crippen molar-refractivity contribution in [2.75, 3.05) is 0 Å². The lowest BCUT2D eigenvalue weighted by molar-refractivity contribution is -0.0792. The Bertz CT molecular complexity index is 614. The van der Waals surface area contributed by atoms with Crippen molar-refractivity contribution in [2.24, 2.45) is 0 Å². The van der Waals surface area contributed by atoms with Gasteiger partial charge in [0.05, 0.1) is 0 Å². The van der Waals surface area contributed by atoms with Gasteiger partial charge in [0.2, 0.25) is 5.78 Å². The summed E-state index contributed by atoms with van der Waals surface area (Å²) in [5, 5.41) is 9.93. The van der Waals surface area contributed by atoms with Crippen molar-refractivity contribution in [2.45, 2.75) is 12.0 Å². The van der Waals surface area contributed by atoms with Crippen LogP contribution in [0.25, 0.3) is 0 Å². The van der Waals surface area contributed by atoms with E-state index in [1.54, 1.807) is 6.07 Å². The molecule has 2 aromatic rings. The Morgan fingerprint density at radius 1 is 1.10 bits per heavy atom. The standard InChI is InChI=1S/C15H11ClF2O2/c16-12-8-4-7-11(9-12)14(20)15(17,18)13(19)10-5-2-1-3-6-10/h1-9,13,19H. The average molecular weight is 297 g/mol. The average Bonchev–Trinajstić information content (AvgIpc) is 2.46. The van der Waals surface area contributed by atoms with Gasteiger partial charge in [0.15, 0.2) is 6.10 Å². The molecular formula is C15H11ClF2O2. The van der Waals surface area contributed by atoms with E-state index < -0.39 is 17.8 Å². The summed E-state index contributed by atoms with van der Waals surface area (Å²) in [6.07, 6.45) is -2.20. The zero-order valence-electron chi connectivity index (χ0n) is 10.3. The van der Waals surface area contributed by atoms with Gasteiger partial charge in [-0.25, -0.2) is 0 Å². The number of rotatable bonds is 4. The monoisotopic (exact) mass is 296 g/mol. The highest BCUT2D eigenvalue weighted by molar-refractivity contribution is 6.31. The van der Waals surface area contributed by atoms with Gasteiger partial charge in [0, 0.05) is 10.6 Å². The smallest absolute Gasteiger partial charge is 0.339 e. The van der Waals surface area contributed by atoms with Crippen LogP contribution in [0.3, 0.4) is 0 Å². The van der Waals surface area contributed by atoms with Gasteiger partial charge in [0.25, 0.3) is 0 Å². The predicted octanol–water partition coefficient (Wildman–Crippen LogP) is 3.89. The number of Topliss-reactive ketones (excluding diaryl/α,β-unsaturated/α-hetero) is 1. The number of ketones is 1. The van der Waals surface area contributed by atoms with Crippen molar-refractivity contribution in [3.63, 3.8) is 0 Å². The third-order valence-corrected chi connectivity index (χ3v) is 3.08. The second kappa shape index (κ2) is 5.69. The molecule has 0 heterocycles. The Morgan fingerprint density at radius 3 is 2.35 bits per heavy atom. The molecule has 5 heteroatoms. The summed E-state index contributed by atoms with van der Waals surface area (Å²) in [7, 11) is 0. The molecule has 0 aliphatic heterocycles. The normalized spacial score (nSPS) is 13.0. The van der Waals surface area contributed by atoms with Crippen molar-refractivity contribution >= 4 is 17.4 Å². The van der Waals surface area contributed by atoms with Gasteiger partial charge in [-0.3, -0.25) is 4.79 Å². The van der Waals surface area contributed by atoms with E-state index in [-0.39, 0.29) is 16.1 Å². The van der Waals surface area contributed by atoms with E-state index in [1.807, 2.05) is 0 Å². The molecule has 2 nitrogen and oxygen atoms in total. The maximum atomic E-state index is 14.1. The molecule has 1 unspecified atom stereocenters. The first-order valence-corrected chi connectivity index (χ1v) is 6.22. The molecule has 1 N–H and O–H groups in total. The zero-order chi connectivity index (χ0) is 14.8. The second-order valence-electron chi connectivity index (χ2n) is 4.28. The van der Waals surface area contributed by atoms with E-state index >= 15 is 0 Å². The summed E-state index contributed by atoms with van der Waals surface area (Å²) < 4.78 is 28.1. The van der Waals surface area contributed by atoms with Crippen LogP contribution in [0.2, 0.25) is 5.02 Å². The first-order valence-electron chi connectivity index (χ1n) is 5.84. The number of benzene rings is 2. The van der Waals surface area contributed by atoms with Crippen molar-refractivity contribution in [3.8, 4) is 0 Å². The van der Waals surface area contributed by atoms with Gasteiger partial charge < -0.3 is 5.11 Å². The van der Waals surface area contributed by atoms with Crippen LogP contribution in [0.5, 0.6) is 0 Å². The van der Waals surface area contributed by atoms with Gasteiger partial charge in [-0.05, 0) is 17.7 Å². The number of aliphatic hydroxyl groups is 1. The van der Waals surface area contributed by atoms with Crippen molar-refractivity contribution in [3.05, 3.63) is 70.7 Å². The maximum Gasteiger partial charge on any atom is 0.339 e. The molecule has 0 radical (unpaired) electrons. The number of carbonyl (C=O) groups is 1. The molecule has 0 saturated heterocycles. The molecular weight excluding hydrogens is 286 g/mol. The molecule has 1 atom stereocenters. The molecule has 0 spiro atoms. The number of aliphatic hydroxyl groups excluding tert-OH is 1. The third-order valence-electron chi connectivity index (χ3n) is 2.85. The summed E-state index contributed by atoms with van der Waals surface area (Å²) in [6, 6.07) is 12.6. The number of halogens is 3. The molecule has 0 aliphatic rings. The number of hydrogen-bond donors (Lipinski definition) is 1. The summed E-state index contributed by atoms with van der Waals surface area (Å²) >= 11 is 5.68. The van der Waals surface area contributed by atoms with Crippen molar-refractivity contribution in [1.29, 1.82) is 0 Å². The molecule has 0 aromatic heterocycles. The molecule has 0 aliphatic carbocycles. The predicted molar refractivity (Wildman–Crippen MR) is 72.1 cm³/mol. The molecule has 0 bridgehead atoms. The highest BCUT2D eigenvalue weighted by Gasteiger charge is 2.47. The summed E-state index contributed by atoms with van der Waals surface area (Å²) in [5.41, 5.74) is -0.259. The first kappa shape index (κ1) is 14.6. The fourth-order valence-electron chi connectivity index (χ4n) is 1.79. The third kappa shape index (κ3) is 2.86. The Morgan fingerprint density at radius 2 is 1.75 bits per heavy atom. The summed E-state index contributed by atoms with van der Waals surface area (Å²) in [4.78, 5) is 11.9. The topological polar surface area (TPSA) is 37.3 Å². The Balaban J connectivity index is 2.32. The van der Waals surface area contributed by atoms with Crippen LogP contribution in [0.1, 0.15) is 22.0 Å². The Kier molecular flexibility index (Phi) is 4.16. The number of alkyl halides is 2. The lowest BCUT2D eigenvalue weighted by atomic mass is 9.96. The minimum absolute atomic E-state index is 0.0205. The summed E-state index contributed by atoms with van der Waals surface area (Å²) in [5.74, 6) is -5.39. The van der Waals surface area contributed by atoms with Gasteiger partial charge in [0.1, 0.15) is 0 Å². The van der Waals surface area contributed by atoms with E-state index in [9.17, 15) is 18.7 Å². The summed E-state index contributed by atoms with van der Waals surface area (Å²) in [6.45, 7) is 0. The molecule has 0 fully saturated rings. The van der Waals surface area contributed by atoms with E-state index in [4.69, 9.17) is 11.6 Å². The van der Waals surface area contributed by atoms with Gasteiger partial charge in [-0.15, -0.1) is 0 Å². The largest absolute Gasteiger partial charge is 0.382 e. The second-order valence-corrected chi connectivity index (χ2v) is 4.71. The van der Waals surface area contributed by atoms with Crippen LogP contribution in [-0.4, -0.2) is 16.8 Å². The molecule has 20 heavy (non-hydrogen) atoms. The fourth-order valence-corrected chi connectivity index (χ4v) is 1.98. The van der Waals surface area contributed by atoms with Crippen LogP contribution in [0.15, 0.2) is 54.6 Å². The SMILES string of the molecule is O=C(c1cccc(Cl)c1)C(F)(F)C(O)c1ccccc1. The minimum Gasteiger partial charge on any atom is -0.382 e. The highest BCUT2D eigenvalue weighted by atomic mass is 35.5. The lowest BCUT2D eigenvalue weighted by Gasteiger charge is -2.21. The highest BCUT2D eigenvalue weighted by Crippen LogP contribution is 2.34. The van der Waals surface area contributed by atoms with E-state index in [2.05, 4.69) is 0 Å². The quantitative estimate of drug-likeness (QED) is 0.869. The van der Waals surface area contributed by atoms with Gasteiger partial charge >= 0.3 is 5.92 Å². The van der Waals surface area contributed by atoms with E-state index in [0.29, 0.717) is 0 Å². The van der Waals surface area contributed by atoms with E-state index in [0.717, 1.165) is 6.07 Å². The van der Waals surface area contributed by atoms with Crippen LogP contribution in [0.4, 0.5) is 8.78 Å². The van der Waals surface area contributed by atoms with Gasteiger partial charge in [-0.1, -0.05) is 54.1 Å². The van der Waals surface area contributed by atoms with Crippen molar-refractivity contribution in [1.82, 2.24) is 0 Å². The fraction of sp³-hybridized carbons (Fsp3) is 0.133. The molecule has 0 saturated carbocycles. The number of hydrogen-bond acceptors (Lipinski definition) is 2. The van der Waals surface area contributed by atoms with Crippen LogP contribution >= 0.6 is 11.6 Å². The maximum absolute atomic E-state index is 14.1. The van der Waals surface area contributed by atoms with E-state index in [1.165, 1.54) is 42.5 Å². The lowest BCUT2D eigenvalue weighted by Crippen LogP contribution is -2.35. The number of carbonyl (C=O) groups excluding carboxylic acids is 1. The molecule has 2 rings (SSSR count). The van der Waals surface area contributed by atoms with Gasteiger partial charge in [-0.2, -0.15) is 8.78 Å². The molecule has 0 amide bonds.